The zero-order valence-corrected chi connectivity index (χ0v) is 16.3. The SMILES string of the molecule is CCCCCCc1ccccc1C(=O)c1ccc(N(CC)CC)cc1O. The predicted molar refractivity (Wildman–Crippen MR) is 109 cm³/mol. The molecule has 0 atom stereocenters. The van der Waals surface area contributed by atoms with Gasteiger partial charge < -0.3 is 10.0 Å². The van der Waals surface area contributed by atoms with Crippen LogP contribution in [0.15, 0.2) is 42.5 Å². The first-order valence-corrected chi connectivity index (χ1v) is 9.82. The lowest BCUT2D eigenvalue weighted by atomic mass is 9.94. The van der Waals surface area contributed by atoms with Crippen LogP contribution < -0.4 is 4.90 Å². The van der Waals surface area contributed by atoms with Crippen molar-refractivity contribution in [2.24, 2.45) is 0 Å². The van der Waals surface area contributed by atoms with E-state index >= 15 is 0 Å². The lowest BCUT2D eigenvalue weighted by Crippen LogP contribution is -2.21. The van der Waals surface area contributed by atoms with Gasteiger partial charge >= 0.3 is 0 Å². The molecule has 0 saturated heterocycles. The second-order valence-electron chi connectivity index (χ2n) is 6.67. The Morgan fingerprint density at radius 1 is 0.923 bits per heavy atom. The summed E-state index contributed by atoms with van der Waals surface area (Å²) in [6.45, 7) is 8.08. The molecule has 0 aromatic heterocycles. The van der Waals surface area contributed by atoms with Crippen LogP contribution in [0.3, 0.4) is 0 Å². The van der Waals surface area contributed by atoms with Crippen LogP contribution in [-0.2, 0) is 6.42 Å². The molecular formula is C23H31NO2. The van der Waals surface area contributed by atoms with Crippen molar-refractivity contribution >= 4 is 11.5 Å². The summed E-state index contributed by atoms with van der Waals surface area (Å²) >= 11 is 0. The summed E-state index contributed by atoms with van der Waals surface area (Å²) in [5.41, 5.74) is 3.09. The van der Waals surface area contributed by atoms with Crippen molar-refractivity contribution in [1.29, 1.82) is 0 Å². The van der Waals surface area contributed by atoms with Crippen LogP contribution in [0, 0.1) is 0 Å². The van der Waals surface area contributed by atoms with Crippen molar-refractivity contribution in [2.75, 3.05) is 18.0 Å². The number of benzene rings is 2. The molecule has 0 fully saturated rings. The average Bonchev–Trinajstić information content (AvgIpc) is 2.66. The molecule has 0 heterocycles. The molecule has 3 heteroatoms. The van der Waals surface area contributed by atoms with Crippen LogP contribution in [0.1, 0.15) is 67.9 Å². The van der Waals surface area contributed by atoms with Gasteiger partial charge in [-0.05, 0) is 44.4 Å². The van der Waals surface area contributed by atoms with E-state index in [1.165, 1.54) is 19.3 Å². The lowest BCUT2D eigenvalue weighted by Gasteiger charge is -2.21. The summed E-state index contributed by atoms with van der Waals surface area (Å²) in [7, 11) is 0. The lowest BCUT2D eigenvalue weighted by molar-refractivity contribution is 0.103. The number of aryl methyl sites for hydroxylation is 1. The quantitative estimate of drug-likeness (QED) is 0.447. The number of phenolic OH excluding ortho intramolecular Hbond substituents is 1. The summed E-state index contributed by atoms with van der Waals surface area (Å²) in [5.74, 6) is -0.0418. The molecule has 0 saturated carbocycles. The van der Waals surface area contributed by atoms with Gasteiger partial charge in [-0.1, -0.05) is 50.5 Å². The van der Waals surface area contributed by atoms with Gasteiger partial charge in [0, 0.05) is 30.4 Å². The average molecular weight is 354 g/mol. The van der Waals surface area contributed by atoms with Crippen molar-refractivity contribution < 1.29 is 9.90 Å². The maximum Gasteiger partial charge on any atom is 0.197 e. The molecule has 1 N–H and O–H groups in total. The van der Waals surface area contributed by atoms with Crippen LogP contribution in [0.2, 0.25) is 0 Å². The number of hydrogen-bond donors (Lipinski definition) is 1. The van der Waals surface area contributed by atoms with E-state index in [0.717, 1.165) is 37.2 Å². The zero-order chi connectivity index (χ0) is 18.9. The van der Waals surface area contributed by atoms with Crippen molar-refractivity contribution in [3.05, 3.63) is 59.2 Å². The second-order valence-corrected chi connectivity index (χ2v) is 6.67. The second kappa shape index (κ2) is 10.0. The van der Waals surface area contributed by atoms with Gasteiger partial charge in [0.15, 0.2) is 5.78 Å². The van der Waals surface area contributed by atoms with E-state index in [1.54, 1.807) is 12.1 Å². The fourth-order valence-corrected chi connectivity index (χ4v) is 3.34. The largest absolute Gasteiger partial charge is 0.507 e. The highest BCUT2D eigenvalue weighted by molar-refractivity contribution is 6.11. The number of hydrogen-bond acceptors (Lipinski definition) is 3. The first kappa shape index (κ1) is 20.0. The standard InChI is InChI=1S/C23H31NO2/c1-4-7-8-9-12-18-13-10-11-14-20(18)23(26)21-16-15-19(17-22(21)25)24(5-2)6-3/h10-11,13-17,25H,4-9,12H2,1-3H3. The number of aromatic hydroxyl groups is 1. The van der Waals surface area contributed by atoms with Crippen LogP contribution in [0.5, 0.6) is 5.75 Å². The maximum atomic E-state index is 13.0. The molecule has 2 aromatic carbocycles. The van der Waals surface area contributed by atoms with Gasteiger partial charge in [0.25, 0.3) is 0 Å². The molecule has 2 aromatic rings. The summed E-state index contributed by atoms with van der Waals surface area (Å²) in [5, 5.41) is 10.5. The molecule has 140 valence electrons. The number of phenols is 1. The van der Waals surface area contributed by atoms with Gasteiger partial charge in [0.05, 0.1) is 5.56 Å². The highest BCUT2D eigenvalue weighted by Gasteiger charge is 2.17. The Morgan fingerprint density at radius 2 is 1.65 bits per heavy atom. The summed E-state index contributed by atoms with van der Waals surface area (Å²) in [6, 6.07) is 13.1. The number of nitrogens with zero attached hydrogens (tertiary/aromatic N) is 1. The number of carbonyl (C=O) groups excluding carboxylic acids is 1. The molecule has 26 heavy (non-hydrogen) atoms. The van der Waals surface area contributed by atoms with E-state index in [-0.39, 0.29) is 11.5 Å². The molecule has 0 radical (unpaired) electrons. The fraction of sp³-hybridized carbons (Fsp3) is 0.435. The maximum absolute atomic E-state index is 13.0. The molecular weight excluding hydrogens is 322 g/mol. The number of ketones is 1. The molecule has 0 aliphatic heterocycles. The number of rotatable bonds is 10. The Labute approximate surface area is 157 Å². The minimum Gasteiger partial charge on any atom is -0.507 e. The molecule has 0 bridgehead atoms. The van der Waals surface area contributed by atoms with E-state index in [1.807, 2.05) is 30.3 Å². The Balaban J connectivity index is 2.23. The van der Waals surface area contributed by atoms with E-state index in [0.29, 0.717) is 11.1 Å². The predicted octanol–water partition coefficient (Wildman–Crippen LogP) is 5.59. The van der Waals surface area contributed by atoms with Crippen molar-refractivity contribution in [3.8, 4) is 5.75 Å². The Bertz CT molecular complexity index is 720. The molecule has 0 amide bonds. The van der Waals surface area contributed by atoms with E-state index in [9.17, 15) is 9.90 Å². The summed E-state index contributed by atoms with van der Waals surface area (Å²) in [4.78, 5) is 15.2. The van der Waals surface area contributed by atoms with Crippen molar-refractivity contribution in [1.82, 2.24) is 0 Å². The van der Waals surface area contributed by atoms with Crippen LogP contribution in [-0.4, -0.2) is 24.0 Å². The first-order valence-electron chi connectivity index (χ1n) is 9.82. The number of carbonyl (C=O) groups is 1. The third-order valence-electron chi connectivity index (χ3n) is 4.92. The Hall–Kier alpha value is -2.29. The summed E-state index contributed by atoms with van der Waals surface area (Å²) < 4.78 is 0. The summed E-state index contributed by atoms with van der Waals surface area (Å²) in [6.07, 6.45) is 5.60. The normalized spacial score (nSPS) is 10.7. The minimum absolute atomic E-state index is 0.0557. The van der Waals surface area contributed by atoms with E-state index in [2.05, 4.69) is 25.7 Å². The molecule has 0 aliphatic carbocycles. The first-order chi connectivity index (χ1) is 12.6. The third kappa shape index (κ3) is 4.87. The van der Waals surface area contributed by atoms with Gasteiger partial charge in [-0.25, -0.2) is 0 Å². The van der Waals surface area contributed by atoms with E-state index < -0.39 is 0 Å². The van der Waals surface area contributed by atoms with Gasteiger partial charge in [-0.15, -0.1) is 0 Å². The minimum atomic E-state index is -0.0975. The van der Waals surface area contributed by atoms with Gasteiger partial charge in [0.1, 0.15) is 5.75 Å². The molecule has 0 unspecified atom stereocenters. The fourth-order valence-electron chi connectivity index (χ4n) is 3.34. The van der Waals surface area contributed by atoms with Crippen molar-refractivity contribution in [3.63, 3.8) is 0 Å². The van der Waals surface area contributed by atoms with E-state index in [4.69, 9.17) is 0 Å². The monoisotopic (exact) mass is 353 g/mol. The molecule has 0 aliphatic rings. The highest BCUT2D eigenvalue weighted by atomic mass is 16.3. The van der Waals surface area contributed by atoms with Crippen LogP contribution >= 0.6 is 0 Å². The Kier molecular flexibility index (Phi) is 7.71. The highest BCUT2D eigenvalue weighted by Crippen LogP contribution is 2.28. The van der Waals surface area contributed by atoms with Crippen LogP contribution in [0.25, 0.3) is 0 Å². The molecule has 2 rings (SSSR count). The van der Waals surface area contributed by atoms with Crippen LogP contribution in [0.4, 0.5) is 5.69 Å². The van der Waals surface area contributed by atoms with Crippen molar-refractivity contribution in [2.45, 2.75) is 52.9 Å². The third-order valence-corrected chi connectivity index (χ3v) is 4.92. The molecule has 0 spiro atoms. The zero-order valence-electron chi connectivity index (χ0n) is 16.3. The smallest absolute Gasteiger partial charge is 0.197 e. The number of unbranched alkanes of at least 4 members (excludes halogenated alkanes) is 3. The molecule has 3 nitrogen and oxygen atoms in total. The van der Waals surface area contributed by atoms with Gasteiger partial charge in [-0.2, -0.15) is 0 Å². The topological polar surface area (TPSA) is 40.5 Å². The van der Waals surface area contributed by atoms with Gasteiger partial charge in [0.2, 0.25) is 0 Å². The Morgan fingerprint density at radius 3 is 2.31 bits per heavy atom. The van der Waals surface area contributed by atoms with Gasteiger partial charge in [-0.3, -0.25) is 4.79 Å². The number of anilines is 1.